The van der Waals surface area contributed by atoms with Crippen molar-refractivity contribution in [1.82, 2.24) is 0 Å². The van der Waals surface area contributed by atoms with E-state index in [0.717, 1.165) is 15.6 Å². The highest BCUT2D eigenvalue weighted by Crippen LogP contribution is 2.17. The van der Waals surface area contributed by atoms with Gasteiger partial charge in [-0.15, -0.1) is 0 Å². The maximum absolute atomic E-state index is 13.1. The van der Waals surface area contributed by atoms with Gasteiger partial charge in [0.2, 0.25) is 5.91 Å². The van der Waals surface area contributed by atoms with Gasteiger partial charge in [0, 0.05) is 10.2 Å². The Morgan fingerprint density at radius 2 is 1.89 bits per heavy atom. The van der Waals surface area contributed by atoms with Crippen LogP contribution in [-0.4, -0.2) is 5.91 Å². The summed E-state index contributed by atoms with van der Waals surface area (Å²) in [6.45, 7) is 1.83. The van der Waals surface area contributed by atoms with Crippen LogP contribution in [0.1, 0.15) is 11.1 Å². The lowest BCUT2D eigenvalue weighted by Crippen LogP contribution is -2.15. The molecule has 98 valence electrons. The van der Waals surface area contributed by atoms with Crippen molar-refractivity contribution < 1.29 is 9.18 Å². The summed E-state index contributed by atoms with van der Waals surface area (Å²) in [5.41, 5.74) is 2.27. The molecule has 0 aromatic heterocycles. The van der Waals surface area contributed by atoms with Crippen molar-refractivity contribution in [3.8, 4) is 0 Å². The van der Waals surface area contributed by atoms with Crippen molar-refractivity contribution in [3.63, 3.8) is 0 Å². The minimum atomic E-state index is -0.357. The van der Waals surface area contributed by atoms with Crippen molar-refractivity contribution in [2.24, 2.45) is 0 Å². The summed E-state index contributed by atoms with van der Waals surface area (Å²) in [7, 11) is 0. The Bertz CT molecular complexity index is 596. The Labute approximate surface area is 119 Å². The lowest BCUT2D eigenvalue weighted by molar-refractivity contribution is -0.115. The van der Waals surface area contributed by atoms with Crippen LogP contribution in [0.5, 0.6) is 0 Å². The lowest BCUT2D eigenvalue weighted by Gasteiger charge is -2.08. The number of rotatable bonds is 3. The normalized spacial score (nSPS) is 10.3. The fourth-order valence-electron chi connectivity index (χ4n) is 1.71. The number of nitrogens with one attached hydrogen (secondary N) is 1. The topological polar surface area (TPSA) is 29.1 Å². The molecule has 0 spiro atoms. The Balaban J connectivity index is 2.05. The van der Waals surface area contributed by atoms with Crippen molar-refractivity contribution in [1.29, 1.82) is 0 Å². The van der Waals surface area contributed by atoms with Crippen LogP contribution in [0.15, 0.2) is 46.9 Å². The van der Waals surface area contributed by atoms with Crippen LogP contribution >= 0.6 is 15.9 Å². The number of carbonyl (C=O) groups excluding carboxylic acids is 1. The molecule has 0 atom stereocenters. The summed E-state index contributed by atoms with van der Waals surface area (Å²) >= 11 is 3.34. The fourth-order valence-corrected chi connectivity index (χ4v) is 1.98. The van der Waals surface area contributed by atoms with Gasteiger partial charge in [0.25, 0.3) is 0 Å². The molecule has 4 heteroatoms. The quantitative estimate of drug-likeness (QED) is 0.906. The van der Waals surface area contributed by atoms with Gasteiger partial charge in [-0.25, -0.2) is 4.39 Å². The second-order valence-corrected chi connectivity index (χ2v) is 5.23. The molecule has 0 saturated carbocycles. The molecule has 0 heterocycles. The van der Waals surface area contributed by atoms with Gasteiger partial charge in [0.05, 0.1) is 6.42 Å². The third-order valence-corrected chi connectivity index (χ3v) is 3.28. The van der Waals surface area contributed by atoms with Crippen LogP contribution in [0.3, 0.4) is 0 Å². The maximum atomic E-state index is 13.1. The number of amides is 1. The van der Waals surface area contributed by atoms with E-state index in [2.05, 4.69) is 21.2 Å². The molecule has 2 nitrogen and oxygen atoms in total. The van der Waals surface area contributed by atoms with Gasteiger partial charge in [0.1, 0.15) is 5.82 Å². The van der Waals surface area contributed by atoms with E-state index in [1.165, 1.54) is 12.1 Å². The van der Waals surface area contributed by atoms with Crippen LogP contribution in [0.25, 0.3) is 0 Å². The van der Waals surface area contributed by atoms with E-state index in [-0.39, 0.29) is 18.1 Å². The molecule has 2 rings (SSSR count). The fraction of sp³-hybridized carbons (Fsp3) is 0.133. The molecule has 0 aliphatic carbocycles. The average molecular weight is 322 g/mol. The van der Waals surface area contributed by atoms with Crippen molar-refractivity contribution in [2.45, 2.75) is 13.3 Å². The minimum absolute atomic E-state index is 0.156. The van der Waals surface area contributed by atoms with Gasteiger partial charge in [-0.05, 0) is 42.3 Å². The predicted molar refractivity (Wildman–Crippen MR) is 77.6 cm³/mol. The third kappa shape index (κ3) is 3.89. The van der Waals surface area contributed by atoms with E-state index in [9.17, 15) is 9.18 Å². The summed E-state index contributed by atoms with van der Waals surface area (Å²) in [5, 5.41) is 2.72. The molecule has 19 heavy (non-hydrogen) atoms. The minimum Gasteiger partial charge on any atom is -0.325 e. The SMILES string of the molecule is Cc1ccc(F)cc1NC(=O)Cc1ccc(Br)cc1. The summed E-state index contributed by atoms with van der Waals surface area (Å²) in [6.07, 6.45) is 0.267. The smallest absolute Gasteiger partial charge is 0.228 e. The highest BCUT2D eigenvalue weighted by molar-refractivity contribution is 9.10. The first-order valence-corrected chi connectivity index (χ1v) is 6.64. The van der Waals surface area contributed by atoms with E-state index < -0.39 is 0 Å². The molecule has 1 amide bonds. The Hall–Kier alpha value is -1.68. The van der Waals surface area contributed by atoms with Gasteiger partial charge in [-0.2, -0.15) is 0 Å². The van der Waals surface area contributed by atoms with Gasteiger partial charge in [0.15, 0.2) is 0 Å². The zero-order valence-corrected chi connectivity index (χ0v) is 12.0. The van der Waals surface area contributed by atoms with Crippen LogP contribution in [0.2, 0.25) is 0 Å². The molecule has 0 saturated heterocycles. The average Bonchev–Trinajstić information content (AvgIpc) is 2.37. The molecular weight excluding hydrogens is 309 g/mol. The largest absolute Gasteiger partial charge is 0.325 e. The molecular formula is C15H13BrFNO. The van der Waals surface area contributed by atoms with E-state index >= 15 is 0 Å². The van der Waals surface area contributed by atoms with Crippen molar-refractivity contribution >= 4 is 27.5 Å². The second kappa shape index (κ2) is 5.97. The third-order valence-electron chi connectivity index (χ3n) is 2.75. The van der Waals surface area contributed by atoms with Crippen molar-refractivity contribution in [3.05, 3.63) is 63.9 Å². The van der Waals surface area contributed by atoms with Crippen LogP contribution in [0, 0.1) is 12.7 Å². The summed E-state index contributed by atoms with van der Waals surface area (Å²) < 4.78 is 14.1. The van der Waals surface area contributed by atoms with Gasteiger partial charge in [-0.1, -0.05) is 34.1 Å². The molecule has 0 aliphatic heterocycles. The number of benzene rings is 2. The molecule has 0 aliphatic rings. The van der Waals surface area contributed by atoms with Gasteiger partial charge < -0.3 is 5.32 Å². The molecule has 2 aromatic rings. The zero-order valence-electron chi connectivity index (χ0n) is 10.4. The maximum Gasteiger partial charge on any atom is 0.228 e. The molecule has 2 aromatic carbocycles. The van der Waals surface area contributed by atoms with E-state index in [1.54, 1.807) is 6.07 Å². The predicted octanol–water partition coefficient (Wildman–Crippen LogP) is 4.08. The molecule has 0 radical (unpaired) electrons. The first kappa shape index (κ1) is 13.7. The highest BCUT2D eigenvalue weighted by atomic mass is 79.9. The lowest BCUT2D eigenvalue weighted by atomic mass is 10.1. The second-order valence-electron chi connectivity index (χ2n) is 4.31. The monoisotopic (exact) mass is 321 g/mol. The Morgan fingerprint density at radius 1 is 1.21 bits per heavy atom. The van der Waals surface area contributed by atoms with Gasteiger partial charge >= 0.3 is 0 Å². The van der Waals surface area contributed by atoms with E-state index in [4.69, 9.17) is 0 Å². The summed E-state index contributed by atoms with van der Waals surface area (Å²) in [4.78, 5) is 11.9. The zero-order chi connectivity index (χ0) is 13.8. The molecule has 0 bridgehead atoms. The number of carbonyl (C=O) groups is 1. The number of aryl methyl sites for hydroxylation is 1. The van der Waals surface area contributed by atoms with Crippen molar-refractivity contribution in [2.75, 3.05) is 5.32 Å². The molecule has 0 fully saturated rings. The molecule has 0 unspecified atom stereocenters. The first-order valence-electron chi connectivity index (χ1n) is 5.85. The Morgan fingerprint density at radius 3 is 2.58 bits per heavy atom. The first-order chi connectivity index (χ1) is 9.04. The number of anilines is 1. The van der Waals surface area contributed by atoms with Gasteiger partial charge in [-0.3, -0.25) is 4.79 Å². The van der Waals surface area contributed by atoms with E-state index in [0.29, 0.717) is 5.69 Å². The molecule has 1 N–H and O–H groups in total. The standard InChI is InChI=1S/C15H13BrFNO/c1-10-2-7-13(17)9-14(10)18-15(19)8-11-3-5-12(16)6-4-11/h2-7,9H,8H2,1H3,(H,18,19). The summed E-state index contributed by atoms with van der Waals surface area (Å²) in [5.74, 6) is -0.513. The number of hydrogen-bond donors (Lipinski definition) is 1. The number of halogens is 2. The highest BCUT2D eigenvalue weighted by Gasteiger charge is 2.07. The Kier molecular flexibility index (Phi) is 4.32. The van der Waals surface area contributed by atoms with Crippen LogP contribution in [0.4, 0.5) is 10.1 Å². The van der Waals surface area contributed by atoms with Crippen LogP contribution < -0.4 is 5.32 Å². The summed E-state index contributed by atoms with van der Waals surface area (Å²) in [6, 6.07) is 11.9. The number of hydrogen-bond acceptors (Lipinski definition) is 1. The van der Waals surface area contributed by atoms with Crippen LogP contribution in [-0.2, 0) is 11.2 Å². The van der Waals surface area contributed by atoms with E-state index in [1.807, 2.05) is 31.2 Å².